The van der Waals surface area contributed by atoms with Crippen LogP contribution < -0.4 is 10.6 Å². The lowest BCUT2D eigenvalue weighted by molar-refractivity contribution is 0.471. The smallest absolute Gasteiger partial charge is 0.171 e. The molecule has 0 aliphatic heterocycles. The van der Waals surface area contributed by atoms with Gasteiger partial charge < -0.3 is 10.6 Å². The highest BCUT2D eigenvalue weighted by Crippen LogP contribution is 2.26. The Hall–Kier alpha value is -1.39. The van der Waals surface area contributed by atoms with Crippen LogP contribution in [-0.2, 0) is 0 Å². The minimum Gasteiger partial charge on any atom is -0.355 e. The van der Waals surface area contributed by atoms with Crippen molar-refractivity contribution in [3.8, 4) is 0 Å². The van der Waals surface area contributed by atoms with Crippen LogP contribution in [0, 0.1) is 26.7 Å². The summed E-state index contributed by atoms with van der Waals surface area (Å²) in [7, 11) is 0. The fourth-order valence-electron chi connectivity index (χ4n) is 2.81. The van der Waals surface area contributed by atoms with E-state index in [1.165, 1.54) is 22.3 Å². The third-order valence-electron chi connectivity index (χ3n) is 4.13. The van der Waals surface area contributed by atoms with E-state index in [0.717, 1.165) is 10.2 Å². The maximum absolute atomic E-state index is 5.54. The fraction of sp³-hybridized carbons (Fsp3) is 0.350. The van der Waals surface area contributed by atoms with Crippen LogP contribution in [0.25, 0.3) is 0 Å². The average molecular weight is 405 g/mol. The van der Waals surface area contributed by atoms with Crippen molar-refractivity contribution in [2.75, 3.05) is 5.32 Å². The Balaban J connectivity index is 2.15. The molecular formula is C20H25BrN2S. The summed E-state index contributed by atoms with van der Waals surface area (Å²) in [5, 5.41) is 7.43. The van der Waals surface area contributed by atoms with Crippen LogP contribution in [0.5, 0.6) is 0 Å². The first kappa shape index (κ1) is 18.9. The zero-order valence-corrected chi connectivity index (χ0v) is 17.3. The van der Waals surface area contributed by atoms with Gasteiger partial charge in [-0.1, -0.05) is 53.5 Å². The number of aryl methyl sites for hydroxylation is 3. The second-order valence-corrected chi connectivity index (χ2v) is 7.91. The lowest BCUT2D eigenvalue weighted by Crippen LogP contribution is -2.35. The summed E-state index contributed by atoms with van der Waals surface area (Å²) < 4.78 is 1.10. The van der Waals surface area contributed by atoms with E-state index in [1.807, 2.05) is 12.1 Å². The summed E-state index contributed by atoms with van der Waals surface area (Å²) in [6.07, 6.45) is 0. The van der Waals surface area contributed by atoms with Gasteiger partial charge in [0.1, 0.15) is 0 Å². The van der Waals surface area contributed by atoms with Crippen molar-refractivity contribution in [1.29, 1.82) is 0 Å². The van der Waals surface area contributed by atoms with Crippen molar-refractivity contribution in [3.63, 3.8) is 0 Å². The molecule has 0 saturated heterocycles. The van der Waals surface area contributed by atoms with Crippen LogP contribution in [0.3, 0.4) is 0 Å². The van der Waals surface area contributed by atoms with Crippen LogP contribution in [-0.4, -0.2) is 5.11 Å². The standard InChI is InChI=1S/C20H25BrN2S/c1-12(2)19(17-8-6-13(3)10-14(17)4)23-20(24)22-16-7-9-18(21)15(5)11-16/h6-12,19H,1-5H3,(H2,22,23,24). The molecule has 0 aliphatic rings. The normalized spacial score (nSPS) is 12.1. The molecule has 0 amide bonds. The molecule has 1 atom stereocenters. The van der Waals surface area contributed by atoms with Gasteiger partial charge in [-0.3, -0.25) is 0 Å². The summed E-state index contributed by atoms with van der Waals surface area (Å²) in [6.45, 7) is 10.8. The Kier molecular flexibility index (Phi) is 6.41. The number of hydrogen-bond acceptors (Lipinski definition) is 1. The number of anilines is 1. The number of rotatable bonds is 4. The molecule has 1 unspecified atom stereocenters. The Morgan fingerprint density at radius 1 is 1.00 bits per heavy atom. The van der Waals surface area contributed by atoms with Crippen molar-refractivity contribution in [2.24, 2.45) is 5.92 Å². The van der Waals surface area contributed by atoms with E-state index in [-0.39, 0.29) is 6.04 Å². The number of halogens is 1. The first-order valence-electron chi connectivity index (χ1n) is 8.18. The van der Waals surface area contributed by atoms with Crippen LogP contribution in [0.15, 0.2) is 40.9 Å². The van der Waals surface area contributed by atoms with Gasteiger partial charge in [0, 0.05) is 10.2 Å². The van der Waals surface area contributed by atoms with Crippen molar-refractivity contribution in [2.45, 2.75) is 40.7 Å². The minimum absolute atomic E-state index is 0.183. The zero-order chi connectivity index (χ0) is 17.9. The molecule has 2 rings (SSSR count). The number of benzene rings is 2. The van der Waals surface area contributed by atoms with Gasteiger partial charge in [-0.25, -0.2) is 0 Å². The molecule has 2 nitrogen and oxygen atoms in total. The minimum atomic E-state index is 0.183. The number of thiocarbonyl (C=S) groups is 1. The summed E-state index contributed by atoms with van der Waals surface area (Å²) >= 11 is 9.07. The molecule has 2 N–H and O–H groups in total. The highest BCUT2D eigenvalue weighted by molar-refractivity contribution is 9.10. The summed E-state index contributed by atoms with van der Waals surface area (Å²) in [6, 6.07) is 12.9. The predicted octanol–water partition coefficient (Wildman–Crippen LogP) is 6.06. The van der Waals surface area contributed by atoms with Crippen molar-refractivity contribution in [3.05, 3.63) is 63.1 Å². The second kappa shape index (κ2) is 8.13. The predicted molar refractivity (Wildman–Crippen MR) is 112 cm³/mol. The molecule has 2 aromatic carbocycles. The molecule has 0 aromatic heterocycles. The third kappa shape index (κ3) is 4.81. The van der Waals surface area contributed by atoms with E-state index >= 15 is 0 Å². The molecule has 0 heterocycles. The molecular weight excluding hydrogens is 380 g/mol. The van der Waals surface area contributed by atoms with Crippen molar-refractivity contribution < 1.29 is 0 Å². The zero-order valence-electron chi connectivity index (χ0n) is 14.9. The van der Waals surface area contributed by atoms with Gasteiger partial charge in [0.2, 0.25) is 0 Å². The average Bonchev–Trinajstić information content (AvgIpc) is 2.49. The molecule has 2 aromatic rings. The Labute approximate surface area is 159 Å². The highest BCUT2D eigenvalue weighted by Gasteiger charge is 2.18. The molecule has 24 heavy (non-hydrogen) atoms. The van der Waals surface area contributed by atoms with E-state index in [9.17, 15) is 0 Å². The first-order valence-corrected chi connectivity index (χ1v) is 9.39. The largest absolute Gasteiger partial charge is 0.355 e. The van der Waals surface area contributed by atoms with Gasteiger partial charge >= 0.3 is 0 Å². The van der Waals surface area contributed by atoms with Crippen LogP contribution in [0.2, 0.25) is 0 Å². The highest BCUT2D eigenvalue weighted by atomic mass is 79.9. The van der Waals surface area contributed by atoms with E-state index in [4.69, 9.17) is 12.2 Å². The molecule has 0 radical (unpaired) electrons. The fourth-order valence-corrected chi connectivity index (χ4v) is 3.30. The lowest BCUT2D eigenvalue weighted by atomic mass is 9.92. The molecule has 0 bridgehead atoms. The van der Waals surface area contributed by atoms with E-state index in [1.54, 1.807) is 0 Å². The monoisotopic (exact) mass is 404 g/mol. The first-order chi connectivity index (χ1) is 11.3. The SMILES string of the molecule is Cc1ccc(C(NC(=S)Nc2ccc(Br)c(C)c2)C(C)C)c(C)c1. The number of hydrogen-bond donors (Lipinski definition) is 2. The third-order valence-corrected chi connectivity index (χ3v) is 5.24. The second-order valence-electron chi connectivity index (χ2n) is 6.64. The summed E-state index contributed by atoms with van der Waals surface area (Å²) in [5.41, 5.74) is 6.05. The van der Waals surface area contributed by atoms with E-state index in [0.29, 0.717) is 11.0 Å². The summed E-state index contributed by atoms with van der Waals surface area (Å²) in [4.78, 5) is 0. The van der Waals surface area contributed by atoms with Gasteiger partial charge in [0.05, 0.1) is 6.04 Å². The molecule has 4 heteroatoms. The van der Waals surface area contributed by atoms with Gasteiger partial charge in [-0.15, -0.1) is 0 Å². The topological polar surface area (TPSA) is 24.1 Å². The molecule has 0 spiro atoms. The van der Waals surface area contributed by atoms with Crippen LogP contribution >= 0.6 is 28.1 Å². The molecule has 128 valence electrons. The van der Waals surface area contributed by atoms with Gasteiger partial charge in [0.15, 0.2) is 5.11 Å². The maximum atomic E-state index is 5.54. The molecule has 0 fully saturated rings. The van der Waals surface area contributed by atoms with Crippen molar-refractivity contribution >= 4 is 38.9 Å². The van der Waals surface area contributed by atoms with E-state index in [2.05, 4.69) is 85.4 Å². The van der Waals surface area contributed by atoms with Crippen LogP contribution in [0.1, 0.15) is 42.1 Å². The Morgan fingerprint density at radius 3 is 2.29 bits per heavy atom. The Bertz CT molecular complexity index is 740. The van der Waals surface area contributed by atoms with Gasteiger partial charge in [0.25, 0.3) is 0 Å². The van der Waals surface area contributed by atoms with Crippen LogP contribution in [0.4, 0.5) is 5.69 Å². The lowest BCUT2D eigenvalue weighted by Gasteiger charge is -2.26. The molecule has 0 saturated carbocycles. The number of nitrogens with one attached hydrogen (secondary N) is 2. The van der Waals surface area contributed by atoms with E-state index < -0.39 is 0 Å². The summed E-state index contributed by atoms with van der Waals surface area (Å²) in [5.74, 6) is 0.429. The Morgan fingerprint density at radius 2 is 1.71 bits per heavy atom. The van der Waals surface area contributed by atoms with Gasteiger partial charge in [-0.2, -0.15) is 0 Å². The van der Waals surface area contributed by atoms with Crippen molar-refractivity contribution in [1.82, 2.24) is 5.32 Å². The maximum Gasteiger partial charge on any atom is 0.171 e. The quantitative estimate of drug-likeness (QED) is 0.605. The van der Waals surface area contributed by atoms with Gasteiger partial charge in [-0.05, 0) is 73.8 Å². The molecule has 0 aliphatic carbocycles.